The van der Waals surface area contributed by atoms with Gasteiger partial charge in [-0.2, -0.15) is 0 Å². The Bertz CT molecular complexity index is 609. The van der Waals surface area contributed by atoms with Gasteiger partial charge in [-0.3, -0.25) is 4.98 Å². The number of hydrogen-bond donors (Lipinski definition) is 1. The van der Waals surface area contributed by atoms with Gasteiger partial charge in [-0.05, 0) is 12.1 Å². The summed E-state index contributed by atoms with van der Waals surface area (Å²) in [7, 11) is -3.48. The Kier molecular flexibility index (Phi) is 3.22. The molecule has 0 aliphatic heterocycles. The number of rotatable bonds is 2. The van der Waals surface area contributed by atoms with Crippen LogP contribution in [0.15, 0.2) is 28.7 Å². The van der Waals surface area contributed by atoms with Crippen molar-refractivity contribution >= 4 is 42.9 Å². The highest BCUT2D eigenvalue weighted by Gasteiger charge is 2.18. The fourth-order valence-corrected chi connectivity index (χ4v) is 3.90. The lowest BCUT2D eigenvalue weighted by atomic mass is 10.3. The van der Waals surface area contributed by atoms with E-state index >= 15 is 0 Å². The van der Waals surface area contributed by atoms with Gasteiger partial charge in [0.25, 0.3) is 0 Å². The smallest absolute Gasteiger partial charge is 0.183 e. The van der Waals surface area contributed by atoms with E-state index in [9.17, 15) is 8.76 Å². The van der Waals surface area contributed by atoms with Crippen molar-refractivity contribution in [2.45, 2.75) is 4.21 Å². The van der Waals surface area contributed by atoms with Crippen LogP contribution in [0.25, 0.3) is 10.6 Å². The van der Waals surface area contributed by atoms with Gasteiger partial charge < -0.3 is 4.55 Å². The molecular weight excluding hydrogens is 288 g/mol. The average Bonchev–Trinajstić information content (AvgIpc) is 2.61. The molecule has 1 N–H and O–H groups in total. The molecule has 0 radical (unpaired) electrons. The molecule has 2 aromatic rings. The van der Waals surface area contributed by atoms with Crippen molar-refractivity contribution in [2.24, 2.45) is 0 Å². The van der Waals surface area contributed by atoms with Crippen LogP contribution in [-0.2, 0) is 20.0 Å². The molecule has 0 spiro atoms. The van der Waals surface area contributed by atoms with Crippen LogP contribution in [0.2, 0.25) is 5.15 Å². The summed E-state index contributed by atoms with van der Waals surface area (Å²) in [6.07, 6.45) is 3.23. The average molecular weight is 293 g/mol. The summed E-state index contributed by atoms with van der Waals surface area (Å²) in [6.45, 7) is 0. The highest BCUT2D eigenvalue weighted by molar-refractivity contribution is 8.30. The molecule has 0 bridgehead atoms. The zero-order valence-corrected chi connectivity index (χ0v) is 10.9. The van der Waals surface area contributed by atoms with Crippen LogP contribution < -0.4 is 0 Å². The van der Waals surface area contributed by atoms with Crippen LogP contribution in [0.4, 0.5) is 0 Å². The molecule has 2 heterocycles. The molecule has 0 saturated carbocycles. The summed E-state index contributed by atoms with van der Waals surface area (Å²) in [4.78, 5) is 7.91. The van der Waals surface area contributed by atoms with E-state index < -0.39 is 8.77 Å². The van der Waals surface area contributed by atoms with E-state index in [4.69, 9.17) is 11.6 Å². The molecular formula is C8H5ClN2O2S3. The Morgan fingerprint density at radius 1 is 1.56 bits per heavy atom. The van der Waals surface area contributed by atoms with Crippen LogP contribution in [0.5, 0.6) is 0 Å². The third kappa shape index (κ3) is 2.38. The summed E-state index contributed by atoms with van der Waals surface area (Å²) in [5.41, 5.74) is 0.735. The van der Waals surface area contributed by atoms with Gasteiger partial charge >= 0.3 is 0 Å². The predicted octanol–water partition coefficient (Wildman–Crippen LogP) is 2.44. The van der Waals surface area contributed by atoms with Crippen LogP contribution in [0.3, 0.4) is 0 Å². The summed E-state index contributed by atoms with van der Waals surface area (Å²) in [5, 5.41) is 0.506. The minimum absolute atomic E-state index is 0.0167. The zero-order chi connectivity index (χ0) is 11.8. The van der Waals surface area contributed by atoms with E-state index in [1.807, 2.05) is 0 Å². The van der Waals surface area contributed by atoms with Crippen LogP contribution in [0.1, 0.15) is 0 Å². The highest BCUT2D eigenvalue weighted by Crippen LogP contribution is 2.33. The predicted molar refractivity (Wildman–Crippen MR) is 66.8 cm³/mol. The van der Waals surface area contributed by atoms with Gasteiger partial charge in [0.1, 0.15) is 5.01 Å². The van der Waals surface area contributed by atoms with E-state index in [1.165, 1.54) is 0 Å². The molecule has 0 fully saturated rings. The maximum atomic E-state index is 11.3. The first-order chi connectivity index (χ1) is 7.48. The zero-order valence-electron chi connectivity index (χ0n) is 7.66. The molecule has 0 saturated heterocycles. The van der Waals surface area contributed by atoms with Crippen molar-refractivity contribution in [3.63, 3.8) is 0 Å². The molecule has 2 rings (SSSR count). The second kappa shape index (κ2) is 4.34. The topological polar surface area (TPSA) is 63.1 Å². The van der Waals surface area contributed by atoms with Gasteiger partial charge in [0.15, 0.2) is 18.1 Å². The third-order valence-electron chi connectivity index (χ3n) is 1.70. The molecule has 0 amide bonds. The molecule has 16 heavy (non-hydrogen) atoms. The minimum atomic E-state index is -3.48. The summed E-state index contributed by atoms with van der Waals surface area (Å²) >= 11 is 11.2. The maximum Gasteiger partial charge on any atom is 0.183 e. The van der Waals surface area contributed by atoms with E-state index in [-0.39, 0.29) is 9.36 Å². The largest absolute Gasteiger partial charge is 0.301 e. The van der Waals surface area contributed by atoms with Crippen molar-refractivity contribution in [2.75, 3.05) is 0 Å². The van der Waals surface area contributed by atoms with Crippen LogP contribution in [0, 0.1) is 0 Å². The van der Waals surface area contributed by atoms with Gasteiger partial charge in [-0.15, -0.1) is 11.3 Å². The highest BCUT2D eigenvalue weighted by atomic mass is 35.5. The first kappa shape index (κ1) is 11.9. The third-order valence-corrected chi connectivity index (χ3v) is 5.50. The second-order valence-electron chi connectivity index (χ2n) is 2.81. The summed E-state index contributed by atoms with van der Waals surface area (Å²) in [6, 6.07) is 3.53. The molecule has 2 aromatic heterocycles. The quantitative estimate of drug-likeness (QED) is 0.921. The maximum absolute atomic E-state index is 11.3. The Morgan fingerprint density at radius 3 is 2.81 bits per heavy atom. The molecule has 0 aromatic carbocycles. The fourth-order valence-electron chi connectivity index (χ4n) is 1.06. The molecule has 84 valence electrons. The first-order valence-electron chi connectivity index (χ1n) is 4.02. The van der Waals surface area contributed by atoms with Crippen LogP contribution in [-0.4, -0.2) is 18.7 Å². The lowest BCUT2D eigenvalue weighted by Crippen LogP contribution is -1.92. The number of halogens is 1. The van der Waals surface area contributed by atoms with Gasteiger partial charge in [0, 0.05) is 29.1 Å². The summed E-state index contributed by atoms with van der Waals surface area (Å²) in [5.74, 6) is 0. The van der Waals surface area contributed by atoms with Crippen molar-refractivity contribution in [1.82, 2.24) is 9.97 Å². The number of hydrogen-bond acceptors (Lipinski definition) is 5. The normalized spacial score (nSPS) is 14.6. The number of pyridine rings is 1. The Hall–Kier alpha value is -0.600. The lowest BCUT2D eigenvalue weighted by molar-refractivity contribution is 0.564. The minimum Gasteiger partial charge on any atom is -0.301 e. The van der Waals surface area contributed by atoms with E-state index in [1.54, 1.807) is 24.5 Å². The molecule has 0 aliphatic carbocycles. The van der Waals surface area contributed by atoms with Gasteiger partial charge in [0.05, 0.1) is 0 Å². The van der Waals surface area contributed by atoms with Crippen molar-refractivity contribution < 1.29 is 8.76 Å². The van der Waals surface area contributed by atoms with Crippen molar-refractivity contribution in [3.05, 3.63) is 29.7 Å². The Morgan fingerprint density at radius 2 is 2.31 bits per heavy atom. The van der Waals surface area contributed by atoms with Gasteiger partial charge in [0.2, 0.25) is 0 Å². The lowest BCUT2D eigenvalue weighted by Gasteiger charge is -1.93. The second-order valence-corrected chi connectivity index (χ2v) is 7.14. The fraction of sp³-hybridized carbons (Fsp3) is 0. The van der Waals surface area contributed by atoms with E-state index in [0.717, 1.165) is 16.9 Å². The molecule has 0 aliphatic rings. The van der Waals surface area contributed by atoms with Crippen LogP contribution >= 0.6 is 22.9 Å². The standard InChI is InChI=1S/C8H5ClN2O2S3/c9-6-8(16(12,13)14)15-7(11-6)5-2-1-3-10-4-5/h1-4H,(H,12,13,14). The number of thiazole rings is 1. The van der Waals surface area contributed by atoms with Crippen molar-refractivity contribution in [1.29, 1.82) is 0 Å². The van der Waals surface area contributed by atoms with Crippen molar-refractivity contribution in [3.8, 4) is 10.6 Å². The van der Waals surface area contributed by atoms with E-state index in [0.29, 0.717) is 5.01 Å². The summed E-state index contributed by atoms with van der Waals surface area (Å²) < 4.78 is 20.6. The SMILES string of the molecule is O=S(O)(=S)c1sc(-c2cccnc2)nc1Cl. The Labute approximate surface area is 106 Å². The molecule has 1 atom stereocenters. The number of nitrogens with zero attached hydrogens (tertiary/aromatic N) is 2. The molecule has 4 nitrogen and oxygen atoms in total. The first-order valence-corrected chi connectivity index (χ1v) is 7.66. The Balaban J connectivity index is 2.55. The van der Waals surface area contributed by atoms with E-state index in [2.05, 4.69) is 21.2 Å². The molecule has 1 unspecified atom stereocenters. The molecule has 8 heteroatoms. The van der Waals surface area contributed by atoms with Gasteiger partial charge in [-0.1, -0.05) is 11.6 Å². The monoisotopic (exact) mass is 292 g/mol. The number of aromatic nitrogens is 2. The van der Waals surface area contributed by atoms with Gasteiger partial charge in [-0.25, -0.2) is 9.19 Å².